The van der Waals surface area contributed by atoms with Gasteiger partial charge in [0, 0.05) is 4.88 Å². The molecule has 1 aliphatic carbocycles. The summed E-state index contributed by atoms with van der Waals surface area (Å²) in [5.74, 6) is 0.126. The quantitative estimate of drug-likeness (QED) is 0.868. The van der Waals surface area contributed by atoms with Crippen LogP contribution in [0.25, 0.3) is 0 Å². The Morgan fingerprint density at radius 2 is 2.28 bits per heavy atom. The molecule has 0 bridgehead atoms. The Kier molecular flexibility index (Phi) is 3.61. The molecule has 0 spiro atoms. The molecule has 1 unspecified atom stereocenters. The van der Waals surface area contributed by atoms with E-state index in [-0.39, 0.29) is 11.9 Å². The molecular formula is C13H19N3OS. The molecule has 0 aromatic carbocycles. The molecule has 1 aromatic rings. The van der Waals surface area contributed by atoms with Crippen LogP contribution in [0.4, 0.5) is 0 Å². The number of aromatic nitrogens is 1. The fourth-order valence-corrected chi connectivity index (χ4v) is 3.77. The third-order valence-electron chi connectivity index (χ3n) is 3.68. The van der Waals surface area contributed by atoms with Gasteiger partial charge in [-0.25, -0.2) is 4.98 Å². The summed E-state index contributed by atoms with van der Waals surface area (Å²) in [6.45, 7) is 1.55. The van der Waals surface area contributed by atoms with Crippen molar-refractivity contribution in [2.24, 2.45) is 0 Å². The highest BCUT2D eigenvalue weighted by Crippen LogP contribution is 2.26. The van der Waals surface area contributed by atoms with Crippen molar-refractivity contribution in [1.82, 2.24) is 15.6 Å². The molecule has 1 fully saturated rings. The standard InChI is InChI=1S/C13H19N3OS/c17-13(10-5-3-7-14-10)15-8-12-16-9-4-1-2-6-11(9)18-12/h10,14H,1-8H2,(H,15,17). The lowest BCUT2D eigenvalue weighted by Gasteiger charge is -2.09. The van der Waals surface area contributed by atoms with E-state index < -0.39 is 0 Å². The van der Waals surface area contributed by atoms with Gasteiger partial charge in [-0.3, -0.25) is 4.79 Å². The molecule has 2 heterocycles. The van der Waals surface area contributed by atoms with Crippen molar-refractivity contribution in [3.63, 3.8) is 0 Å². The molecule has 1 saturated heterocycles. The third-order valence-corrected chi connectivity index (χ3v) is 4.84. The van der Waals surface area contributed by atoms with Crippen LogP contribution >= 0.6 is 11.3 Å². The van der Waals surface area contributed by atoms with Gasteiger partial charge in [0.1, 0.15) is 5.01 Å². The Hall–Kier alpha value is -0.940. The van der Waals surface area contributed by atoms with Gasteiger partial charge in [0.25, 0.3) is 0 Å². The maximum absolute atomic E-state index is 11.9. The summed E-state index contributed by atoms with van der Waals surface area (Å²) in [7, 11) is 0. The Labute approximate surface area is 111 Å². The van der Waals surface area contributed by atoms with E-state index in [4.69, 9.17) is 0 Å². The number of fused-ring (bicyclic) bond motifs is 1. The molecule has 18 heavy (non-hydrogen) atoms. The van der Waals surface area contributed by atoms with E-state index in [0.29, 0.717) is 6.54 Å². The second-order valence-corrected chi connectivity index (χ2v) is 6.22. The summed E-state index contributed by atoms with van der Waals surface area (Å²) in [6.07, 6.45) is 6.89. The summed E-state index contributed by atoms with van der Waals surface area (Å²) in [5.41, 5.74) is 1.27. The number of hydrogen-bond acceptors (Lipinski definition) is 4. The van der Waals surface area contributed by atoms with Crippen LogP contribution in [-0.4, -0.2) is 23.5 Å². The monoisotopic (exact) mass is 265 g/mol. The average Bonchev–Trinajstić information content (AvgIpc) is 3.04. The fraction of sp³-hybridized carbons (Fsp3) is 0.692. The molecule has 2 N–H and O–H groups in total. The number of nitrogens with one attached hydrogen (secondary N) is 2. The van der Waals surface area contributed by atoms with Gasteiger partial charge in [-0.1, -0.05) is 0 Å². The van der Waals surface area contributed by atoms with Gasteiger partial charge in [-0.2, -0.15) is 0 Å². The first-order valence-corrected chi connectivity index (χ1v) is 7.63. The van der Waals surface area contributed by atoms with E-state index in [9.17, 15) is 4.79 Å². The van der Waals surface area contributed by atoms with E-state index in [0.717, 1.165) is 30.8 Å². The van der Waals surface area contributed by atoms with Gasteiger partial charge in [0.2, 0.25) is 5.91 Å². The molecule has 2 aliphatic rings. The highest BCUT2D eigenvalue weighted by Gasteiger charge is 2.22. The average molecular weight is 265 g/mol. The van der Waals surface area contributed by atoms with Crippen molar-refractivity contribution in [2.45, 2.75) is 51.1 Å². The second kappa shape index (κ2) is 5.36. The Balaban J connectivity index is 1.56. The van der Waals surface area contributed by atoms with E-state index in [1.165, 1.54) is 29.8 Å². The highest BCUT2D eigenvalue weighted by atomic mass is 32.1. The zero-order chi connectivity index (χ0) is 12.4. The molecule has 98 valence electrons. The molecule has 1 aliphatic heterocycles. The summed E-state index contributed by atoms with van der Waals surface area (Å²) in [5, 5.41) is 7.27. The van der Waals surface area contributed by atoms with Crippen LogP contribution < -0.4 is 10.6 Å². The minimum atomic E-state index is 0.0135. The van der Waals surface area contributed by atoms with Crippen LogP contribution in [0.2, 0.25) is 0 Å². The molecule has 0 saturated carbocycles. The van der Waals surface area contributed by atoms with E-state index in [2.05, 4.69) is 15.6 Å². The largest absolute Gasteiger partial charge is 0.348 e. The van der Waals surface area contributed by atoms with E-state index in [1.807, 2.05) is 0 Å². The minimum Gasteiger partial charge on any atom is -0.348 e. The number of nitrogens with zero attached hydrogens (tertiary/aromatic N) is 1. The summed E-state index contributed by atoms with van der Waals surface area (Å²) < 4.78 is 0. The van der Waals surface area contributed by atoms with Crippen LogP contribution in [0.1, 0.15) is 41.3 Å². The first-order valence-electron chi connectivity index (χ1n) is 6.81. The molecule has 1 aromatic heterocycles. The lowest BCUT2D eigenvalue weighted by molar-refractivity contribution is -0.122. The van der Waals surface area contributed by atoms with Crippen molar-refractivity contribution in [3.8, 4) is 0 Å². The molecule has 5 heteroatoms. The number of amides is 1. The topological polar surface area (TPSA) is 54.0 Å². The smallest absolute Gasteiger partial charge is 0.237 e. The van der Waals surface area contributed by atoms with Gasteiger partial charge < -0.3 is 10.6 Å². The predicted octanol–water partition coefficient (Wildman–Crippen LogP) is 1.39. The molecule has 1 amide bonds. The Morgan fingerprint density at radius 3 is 3.06 bits per heavy atom. The number of hydrogen-bond donors (Lipinski definition) is 2. The first kappa shape index (κ1) is 12.1. The van der Waals surface area contributed by atoms with E-state index in [1.54, 1.807) is 11.3 Å². The molecular weight excluding hydrogens is 246 g/mol. The van der Waals surface area contributed by atoms with Crippen molar-refractivity contribution in [3.05, 3.63) is 15.6 Å². The lowest BCUT2D eigenvalue weighted by atomic mass is 10.0. The van der Waals surface area contributed by atoms with Crippen LogP contribution in [0.5, 0.6) is 0 Å². The van der Waals surface area contributed by atoms with Crippen molar-refractivity contribution in [1.29, 1.82) is 0 Å². The SMILES string of the molecule is O=C(NCc1nc2c(s1)CCCC2)C1CCCN1. The maximum atomic E-state index is 11.9. The van der Waals surface area contributed by atoms with Crippen LogP contribution in [-0.2, 0) is 24.2 Å². The zero-order valence-electron chi connectivity index (χ0n) is 10.5. The fourth-order valence-electron chi connectivity index (χ4n) is 2.68. The van der Waals surface area contributed by atoms with Gasteiger partial charge in [0.15, 0.2) is 0 Å². The summed E-state index contributed by atoms with van der Waals surface area (Å²) >= 11 is 1.77. The molecule has 0 radical (unpaired) electrons. The second-order valence-electron chi connectivity index (χ2n) is 5.05. The van der Waals surface area contributed by atoms with Crippen LogP contribution in [0.15, 0.2) is 0 Å². The molecule has 1 atom stereocenters. The number of aryl methyl sites for hydroxylation is 2. The Morgan fingerprint density at radius 1 is 1.39 bits per heavy atom. The number of carbonyl (C=O) groups excluding carboxylic acids is 1. The van der Waals surface area contributed by atoms with Crippen molar-refractivity contribution in [2.75, 3.05) is 6.54 Å². The van der Waals surface area contributed by atoms with Crippen molar-refractivity contribution >= 4 is 17.2 Å². The molecule has 4 nitrogen and oxygen atoms in total. The van der Waals surface area contributed by atoms with Gasteiger partial charge >= 0.3 is 0 Å². The number of thiazole rings is 1. The number of rotatable bonds is 3. The van der Waals surface area contributed by atoms with Crippen molar-refractivity contribution < 1.29 is 4.79 Å². The minimum absolute atomic E-state index is 0.0135. The highest BCUT2D eigenvalue weighted by molar-refractivity contribution is 7.11. The lowest BCUT2D eigenvalue weighted by Crippen LogP contribution is -2.39. The van der Waals surface area contributed by atoms with E-state index >= 15 is 0 Å². The third kappa shape index (κ3) is 2.57. The molecule has 3 rings (SSSR count). The summed E-state index contributed by atoms with van der Waals surface area (Å²) in [4.78, 5) is 17.9. The van der Waals surface area contributed by atoms with Gasteiger partial charge in [-0.15, -0.1) is 11.3 Å². The maximum Gasteiger partial charge on any atom is 0.237 e. The van der Waals surface area contributed by atoms with Gasteiger partial charge in [0.05, 0.1) is 18.3 Å². The zero-order valence-corrected chi connectivity index (χ0v) is 11.3. The van der Waals surface area contributed by atoms with Gasteiger partial charge in [-0.05, 0) is 45.1 Å². The summed E-state index contributed by atoms with van der Waals surface area (Å²) in [6, 6.07) is 0.0135. The predicted molar refractivity (Wildman–Crippen MR) is 71.6 cm³/mol. The normalized spacial score (nSPS) is 22.8. The Bertz CT molecular complexity index is 414. The van der Waals surface area contributed by atoms with Crippen LogP contribution in [0.3, 0.4) is 0 Å². The van der Waals surface area contributed by atoms with Crippen LogP contribution in [0, 0.1) is 0 Å². The first-order chi connectivity index (χ1) is 8.83. The number of carbonyl (C=O) groups is 1.